The van der Waals surface area contributed by atoms with E-state index in [1.807, 2.05) is 12.1 Å². The molecule has 2 saturated carbocycles. The van der Waals surface area contributed by atoms with E-state index in [1.54, 1.807) is 12.1 Å². The van der Waals surface area contributed by atoms with Gasteiger partial charge < -0.3 is 10.2 Å². The number of phenolic OH excluding ortho intramolecular Hbond substituents is 1. The molecular formula is C13H14O2. The molecule has 0 radical (unpaired) electrons. The van der Waals surface area contributed by atoms with E-state index in [4.69, 9.17) is 0 Å². The summed E-state index contributed by atoms with van der Waals surface area (Å²) in [6, 6.07) is 7.23. The van der Waals surface area contributed by atoms with E-state index in [1.165, 1.54) is 5.57 Å². The summed E-state index contributed by atoms with van der Waals surface area (Å²) in [4.78, 5) is 0. The van der Waals surface area contributed by atoms with Crippen molar-refractivity contribution >= 4 is 0 Å². The molecule has 0 heterocycles. The smallest absolute Gasteiger partial charge is 0.115 e. The maximum Gasteiger partial charge on any atom is 0.115 e. The number of aliphatic hydroxyl groups excluding tert-OH is 1. The van der Waals surface area contributed by atoms with Gasteiger partial charge in [0.1, 0.15) is 11.5 Å². The van der Waals surface area contributed by atoms with Gasteiger partial charge in [0.25, 0.3) is 0 Å². The second kappa shape index (κ2) is 2.78. The monoisotopic (exact) mass is 202 g/mol. The fourth-order valence-corrected chi connectivity index (χ4v) is 2.21. The van der Waals surface area contributed by atoms with Crippen molar-refractivity contribution in [3.8, 4) is 5.75 Å². The number of rotatable bonds is 2. The van der Waals surface area contributed by atoms with Crippen LogP contribution in [-0.4, -0.2) is 10.2 Å². The van der Waals surface area contributed by atoms with Crippen molar-refractivity contribution < 1.29 is 10.2 Å². The quantitative estimate of drug-likeness (QED) is 0.724. The van der Waals surface area contributed by atoms with E-state index >= 15 is 0 Å². The summed E-state index contributed by atoms with van der Waals surface area (Å²) in [7, 11) is 0. The van der Waals surface area contributed by atoms with Crippen molar-refractivity contribution in [2.45, 2.75) is 31.1 Å². The summed E-state index contributed by atoms with van der Waals surface area (Å²) in [5.74, 6) is 0.890. The van der Waals surface area contributed by atoms with E-state index in [0.29, 0.717) is 5.76 Å². The molecule has 2 aliphatic rings. The molecule has 0 saturated heterocycles. The molecule has 1 aromatic carbocycles. The molecule has 3 rings (SSSR count). The largest absolute Gasteiger partial charge is 0.511 e. The van der Waals surface area contributed by atoms with E-state index in [0.717, 1.165) is 31.2 Å². The van der Waals surface area contributed by atoms with Crippen molar-refractivity contribution in [2.75, 3.05) is 0 Å². The maximum atomic E-state index is 10.1. The number of hydrogen-bond donors (Lipinski definition) is 2. The number of aliphatic hydroxyl groups is 1. The number of aromatic hydroxyl groups is 1. The lowest BCUT2D eigenvalue weighted by Gasteiger charge is -2.15. The molecule has 0 spiro atoms. The van der Waals surface area contributed by atoms with Crippen LogP contribution in [0.2, 0.25) is 0 Å². The van der Waals surface area contributed by atoms with Crippen LogP contribution in [0.3, 0.4) is 0 Å². The molecule has 2 N–H and O–H groups in total. The van der Waals surface area contributed by atoms with Gasteiger partial charge in [-0.05, 0) is 49.0 Å². The summed E-state index contributed by atoms with van der Waals surface area (Å²) < 4.78 is 0. The summed E-state index contributed by atoms with van der Waals surface area (Å²) in [6.07, 6.45) is 4.19. The van der Waals surface area contributed by atoms with Gasteiger partial charge in [-0.25, -0.2) is 0 Å². The van der Waals surface area contributed by atoms with Crippen LogP contribution < -0.4 is 0 Å². The Kier molecular flexibility index (Phi) is 1.64. The molecule has 78 valence electrons. The predicted octanol–water partition coefficient (Wildman–Crippen LogP) is 3.03. The van der Waals surface area contributed by atoms with E-state index in [9.17, 15) is 10.2 Å². The van der Waals surface area contributed by atoms with Crippen molar-refractivity contribution in [2.24, 2.45) is 0 Å². The zero-order valence-electron chi connectivity index (χ0n) is 8.53. The van der Waals surface area contributed by atoms with Gasteiger partial charge in [-0.15, -0.1) is 0 Å². The molecule has 2 heteroatoms. The second-order valence-corrected chi connectivity index (χ2v) is 4.58. The molecule has 0 atom stereocenters. The van der Waals surface area contributed by atoms with Crippen molar-refractivity contribution in [1.29, 1.82) is 0 Å². The van der Waals surface area contributed by atoms with Crippen molar-refractivity contribution in [3.63, 3.8) is 0 Å². The minimum atomic E-state index is -0.0977. The molecule has 2 nitrogen and oxygen atoms in total. The highest BCUT2D eigenvalue weighted by Gasteiger charge is 2.50. The third-order valence-corrected chi connectivity index (χ3v) is 3.46. The summed E-state index contributed by atoms with van der Waals surface area (Å²) >= 11 is 0. The second-order valence-electron chi connectivity index (χ2n) is 4.58. The molecule has 15 heavy (non-hydrogen) atoms. The number of benzene rings is 1. The van der Waals surface area contributed by atoms with E-state index in [-0.39, 0.29) is 11.2 Å². The lowest BCUT2D eigenvalue weighted by atomic mass is 9.93. The predicted molar refractivity (Wildman–Crippen MR) is 57.9 cm³/mol. The Hall–Kier alpha value is -1.44. The van der Waals surface area contributed by atoms with Gasteiger partial charge in [-0.1, -0.05) is 12.1 Å². The highest BCUT2D eigenvalue weighted by molar-refractivity contribution is 5.45. The Labute approximate surface area is 88.9 Å². The number of allylic oxidation sites excluding steroid dienone is 2. The van der Waals surface area contributed by atoms with Gasteiger partial charge in [0.05, 0.1) is 5.41 Å². The Balaban J connectivity index is 1.99. The first-order chi connectivity index (χ1) is 7.22. The van der Waals surface area contributed by atoms with Crippen molar-refractivity contribution in [1.82, 2.24) is 0 Å². The molecule has 2 fully saturated rings. The van der Waals surface area contributed by atoms with Crippen LogP contribution in [0.1, 0.15) is 31.2 Å². The van der Waals surface area contributed by atoms with Crippen LogP contribution in [0.25, 0.3) is 0 Å². The maximum absolute atomic E-state index is 10.1. The lowest BCUT2D eigenvalue weighted by Crippen LogP contribution is -2.09. The lowest BCUT2D eigenvalue weighted by molar-refractivity contribution is 0.355. The first-order valence-electron chi connectivity index (χ1n) is 5.43. The molecule has 0 bridgehead atoms. The average Bonchev–Trinajstić information content (AvgIpc) is 3.12. The third kappa shape index (κ3) is 1.32. The highest BCUT2D eigenvalue weighted by atomic mass is 16.3. The zero-order valence-corrected chi connectivity index (χ0v) is 8.53. The molecule has 0 aromatic heterocycles. The summed E-state index contributed by atoms with van der Waals surface area (Å²) in [5.41, 5.74) is 2.26. The normalized spacial score (nSPS) is 21.2. The fourth-order valence-electron chi connectivity index (χ4n) is 2.21. The molecule has 2 aliphatic carbocycles. The number of hydrogen-bond acceptors (Lipinski definition) is 2. The average molecular weight is 202 g/mol. The van der Waals surface area contributed by atoms with Crippen LogP contribution >= 0.6 is 0 Å². The number of phenols is 1. The first kappa shape index (κ1) is 8.84. The van der Waals surface area contributed by atoms with Gasteiger partial charge in [0, 0.05) is 0 Å². The third-order valence-electron chi connectivity index (χ3n) is 3.46. The molecule has 1 aromatic rings. The standard InChI is InChI=1S/C13H14O2/c14-11-5-3-10(4-6-11)13(7-8-13)12(15)9-1-2-9/h3-6,14-15H,1-2,7-8H2. The van der Waals surface area contributed by atoms with Crippen LogP contribution in [0.15, 0.2) is 35.6 Å². The van der Waals surface area contributed by atoms with Gasteiger partial charge in [-0.2, -0.15) is 0 Å². The van der Waals surface area contributed by atoms with Crippen LogP contribution in [0.5, 0.6) is 5.75 Å². The van der Waals surface area contributed by atoms with Crippen molar-refractivity contribution in [3.05, 3.63) is 41.2 Å². The van der Waals surface area contributed by atoms with Crippen LogP contribution in [0, 0.1) is 0 Å². The molecule has 0 unspecified atom stereocenters. The molecule has 0 amide bonds. The Bertz CT molecular complexity index is 418. The van der Waals surface area contributed by atoms with Gasteiger partial charge >= 0.3 is 0 Å². The van der Waals surface area contributed by atoms with Gasteiger partial charge in [0.15, 0.2) is 0 Å². The van der Waals surface area contributed by atoms with Crippen LogP contribution in [-0.2, 0) is 5.41 Å². The van der Waals surface area contributed by atoms with Gasteiger partial charge in [-0.3, -0.25) is 0 Å². The van der Waals surface area contributed by atoms with E-state index in [2.05, 4.69) is 0 Å². The minimum Gasteiger partial charge on any atom is -0.511 e. The Morgan fingerprint density at radius 3 is 2.13 bits per heavy atom. The Morgan fingerprint density at radius 2 is 1.67 bits per heavy atom. The summed E-state index contributed by atoms with van der Waals surface area (Å²) in [6.45, 7) is 0. The topological polar surface area (TPSA) is 40.5 Å². The first-order valence-corrected chi connectivity index (χ1v) is 5.43. The van der Waals surface area contributed by atoms with Gasteiger partial charge in [0.2, 0.25) is 0 Å². The SMILES string of the molecule is OC(=C1CC1)C1(c2ccc(O)cc2)CC1. The zero-order chi connectivity index (χ0) is 10.5. The molecule has 0 aliphatic heterocycles. The summed E-state index contributed by atoms with van der Waals surface area (Å²) in [5, 5.41) is 19.3. The van der Waals surface area contributed by atoms with Crippen LogP contribution in [0.4, 0.5) is 0 Å². The van der Waals surface area contributed by atoms with E-state index < -0.39 is 0 Å². The fraction of sp³-hybridized carbons (Fsp3) is 0.385. The Morgan fingerprint density at radius 1 is 1.07 bits per heavy atom. The highest BCUT2D eigenvalue weighted by Crippen LogP contribution is 2.56. The minimum absolute atomic E-state index is 0.0977. The molecular weight excluding hydrogens is 188 g/mol.